The zero-order chi connectivity index (χ0) is 9.26. The van der Waals surface area contributed by atoms with Gasteiger partial charge in [-0.3, -0.25) is 0 Å². The molecule has 2 rings (SSSR count). The van der Waals surface area contributed by atoms with Gasteiger partial charge in [0.25, 0.3) is 0 Å². The number of benzene rings is 1. The number of thiol groups is 1. The van der Waals surface area contributed by atoms with Gasteiger partial charge in [0.05, 0.1) is 0 Å². The van der Waals surface area contributed by atoms with Crippen molar-refractivity contribution in [1.29, 1.82) is 0 Å². The number of thiophene rings is 1. The van der Waals surface area contributed by atoms with E-state index in [1.54, 1.807) is 11.3 Å². The van der Waals surface area contributed by atoms with Crippen LogP contribution in [0.5, 0.6) is 0 Å². The maximum Gasteiger partial charge on any atom is 0.0343 e. The van der Waals surface area contributed by atoms with Gasteiger partial charge in [-0.1, -0.05) is 18.2 Å². The molecule has 0 radical (unpaired) electrons. The minimum absolute atomic E-state index is 1.06. The molecule has 13 heavy (non-hydrogen) atoms. The summed E-state index contributed by atoms with van der Waals surface area (Å²) in [5.41, 5.74) is 2.48. The highest BCUT2D eigenvalue weighted by molar-refractivity contribution is 7.80. The van der Waals surface area contributed by atoms with Crippen LogP contribution in [0, 0.1) is 6.92 Å². The molecule has 0 N–H and O–H groups in total. The number of hydrogen-bond donors (Lipinski definition) is 1. The van der Waals surface area contributed by atoms with Crippen LogP contribution in [0.15, 0.2) is 40.6 Å². The molecule has 0 saturated heterocycles. The first-order chi connectivity index (χ1) is 6.27. The van der Waals surface area contributed by atoms with Crippen molar-refractivity contribution in [2.45, 2.75) is 11.8 Å². The van der Waals surface area contributed by atoms with Crippen LogP contribution in [0.25, 0.3) is 10.4 Å². The van der Waals surface area contributed by atoms with E-state index >= 15 is 0 Å². The Labute approximate surface area is 87.6 Å². The van der Waals surface area contributed by atoms with Crippen molar-refractivity contribution in [3.8, 4) is 10.4 Å². The fourth-order valence-corrected chi connectivity index (χ4v) is 2.14. The number of rotatable bonds is 1. The van der Waals surface area contributed by atoms with Crippen molar-refractivity contribution in [3.63, 3.8) is 0 Å². The van der Waals surface area contributed by atoms with Crippen LogP contribution in [0.4, 0.5) is 0 Å². The quantitative estimate of drug-likeness (QED) is 0.670. The molecule has 1 heterocycles. The fourth-order valence-electron chi connectivity index (χ4n) is 1.21. The summed E-state index contributed by atoms with van der Waals surface area (Å²) in [6.45, 7) is 2.07. The zero-order valence-corrected chi connectivity index (χ0v) is 9.03. The largest absolute Gasteiger partial charge is 0.144 e. The van der Waals surface area contributed by atoms with Gasteiger partial charge in [-0.2, -0.15) is 0 Å². The van der Waals surface area contributed by atoms with E-state index in [0.29, 0.717) is 0 Å². The predicted molar refractivity (Wildman–Crippen MR) is 61.7 cm³/mol. The first-order valence-electron chi connectivity index (χ1n) is 4.11. The Bertz CT molecular complexity index is 402. The Kier molecular flexibility index (Phi) is 2.42. The molecule has 0 amide bonds. The summed E-state index contributed by atoms with van der Waals surface area (Å²) in [6, 6.07) is 10.6. The Morgan fingerprint density at radius 3 is 2.69 bits per heavy atom. The van der Waals surface area contributed by atoms with Crippen LogP contribution in [0.3, 0.4) is 0 Å². The van der Waals surface area contributed by atoms with Crippen LogP contribution < -0.4 is 0 Å². The van der Waals surface area contributed by atoms with E-state index in [2.05, 4.69) is 55.3 Å². The van der Waals surface area contributed by atoms with Gasteiger partial charge in [-0.25, -0.2) is 0 Å². The van der Waals surface area contributed by atoms with Crippen LogP contribution in [-0.2, 0) is 0 Å². The minimum atomic E-state index is 1.06. The molecule has 1 aromatic heterocycles. The lowest BCUT2D eigenvalue weighted by atomic mass is 10.1. The molecule has 0 spiro atoms. The highest BCUT2D eigenvalue weighted by atomic mass is 32.1. The second-order valence-corrected chi connectivity index (χ2v) is 4.41. The van der Waals surface area contributed by atoms with E-state index in [4.69, 9.17) is 0 Å². The lowest BCUT2D eigenvalue weighted by Gasteiger charge is -2.01. The minimum Gasteiger partial charge on any atom is -0.144 e. The lowest BCUT2D eigenvalue weighted by Crippen LogP contribution is -1.77. The van der Waals surface area contributed by atoms with E-state index in [1.165, 1.54) is 16.0 Å². The molecule has 0 aliphatic rings. The van der Waals surface area contributed by atoms with Crippen molar-refractivity contribution in [2.24, 2.45) is 0 Å². The Morgan fingerprint density at radius 1 is 1.23 bits per heavy atom. The second kappa shape index (κ2) is 3.56. The summed E-state index contributed by atoms with van der Waals surface area (Å²) < 4.78 is 0. The third-order valence-corrected chi connectivity index (χ3v) is 3.42. The summed E-state index contributed by atoms with van der Waals surface area (Å²) in [7, 11) is 0. The lowest BCUT2D eigenvalue weighted by molar-refractivity contribution is 1.32. The molecule has 2 heteroatoms. The molecule has 1 aromatic carbocycles. The highest BCUT2D eigenvalue weighted by Crippen LogP contribution is 2.27. The van der Waals surface area contributed by atoms with Gasteiger partial charge < -0.3 is 0 Å². The van der Waals surface area contributed by atoms with Crippen LogP contribution in [0.2, 0.25) is 0 Å². The average molecular weight is 206 g/mol. The summed E-state index contributed by atoms with van der Waals surface area (Å²) in [5, 5.41) is 2.09. The predicted octanol–water partition coefficient (Wildman–Crippen LogP) is 4.01. The maximum atomic E-state index is 4.40. The van der Waals surface area contributed by atoms with Crippen molar-refractivity contribution >= 4 is 24.0 Å². The van der Waals surface area contributed by atoms with E-state index in [1.807, 2.05) is 0 Å². The molecule has 0 aliphatic heterocycles. The van der Waals surface area contributed by atoms with Gasteiger partial charge in [0.1, 0.15) is 0 Å². The van der Waals surface area contributed by atoms with Crippen LogP contribution in [0.1, 0.15) is 5.56 Å². The van der Waals surface area contributed by atoms with Gasteiger partial charge in [-0.15, -0.1) is 24.0 Å². The van der Waals surface area contributed by atoms with Gasteiger partial charge >= 0.3 is 0 Å². The summed E-state index contributed by atoms with van der Waals surface area (Å²) in [5.74, 6) is 0. The molecule has 0 unspecified atom stereocenters. The van der Waals surface area contributed by atoms with E-state index in [-0.39, 0.29) is 0 Å². The molecule has 0 atom stereocenters. The summed E-state index contributed by atoms with van der Waals surface area (Å²) in [4.78, 5) is 2.36. The molecule has 0 fully saturated rings. The molecule has 0 nitrogen and oxygen atoms in total. The van der Waals surface area contributed by atoms with Crippen molar-refractivity contribution < 1.29 is 0 Å². The SMILES string of the molecule is Cc1ccc(-c2cccs2)cc1S. The summed E-state index contributed by atoms with van der Waals surface area (Å²) in [6.07, 6.45) is 0. The Morgan fingerprint density at radius 2 is 2.08 bits per heavy atom. The zero-order valence-electron chi connectivity index (χ0n) is 7.32. The van der Waals surface area contributed by atoms with Crippen LogP contribution in [-0.4, -0.2) is 0 Å². The van der Waals surface area contributed by atoms with Crippen molar-refractivity contribution in [2.75, 3.05) is 0 Å². The van der Waals surface area contributed by atoms with E-state index in [9.17, 15) is 0 Å². The first-order valence-corrected chi connectivity index (χ1v) is 5.43. The summed E-state index contributed by atoms with van der Waals surface area (Å²) >= 11 is 6.16. The molecule has 66 valence electrons. The Balaban J connectivity index is 2.49. The number of hydrogen-bond acceptors (Lipinski definition) is 2. The van der Waals surface area contributed by atoms with E-state index < -0.39 is 0 Å². The molecular formula is C11H10S2. The molecule has 0 saturated carbocycles. The molecule has 0 bridgehead atoms. The Hall–Kier alpha value is -0.730. The van der Waals surface area contributed by atoms with Crippen molar-refractivity contribution in [3.05, 3.63) is 41.3 Å². The van der Waals surface area contributed by atoms with Gasteiger partial charge in [-0.05, 0) is 35.6 Å². The first kappa shape index (κ1) is 8.85. The fraction of sp³-hybridized carbons (Fsp3) is 0.0909. The third kappa shape index (κ3) is 1.79. The molecule has 2 aromatic rings. The highest BCUT2D eigenvalue weighted by Gasteiger charge is 1.99. The standard InChI is InChI=1S/C11H10S2/c1-8-4-5-9(7-10(8)12)11-3-2-6-13-11/h2-7,12H,1H3. The average Bonchev–Trinajstić information content (AvgIpc) is 2.62. The monoisotopic (exact) mass is 206 g/mol. The van der Waals surface area contributed by atoms with Gasteiger partial charge in [0.2, 0.25) is 0 Å². The maximum absolute atomic E-state index is 4.40. The second-order valence-electron chi connectivity index (χ2n) is 2.98. The van der Waals surface area contributed by atoms with Crippen LogP contribution >= 0.6 is 24.0 Å². The smallest absolute Gasteiger partial charge is 0.0343 e. The molecule has 0 aliphatic carbocycles. The van der Waals surface area contributed by atoms with E-state index in [0.717, 1.165) is 4.90 Å². The number of aryl methyl sites for hydroxylation is 1. The van der Waals surface area contributed by atoms with Gasteiger partial charge in [0, 0.05) is 9.77 Å². The van der Waals surface area contributed by atoms with Crippen molar-refractivity contribution in [1.82, 2.24) is 0 Å². The van der Waals surface area contributed by atoms with Gasteiger partial charge in [0.15, 0.2) is 0 Å². The molecular weight excluding hydrogens is 196 g/mol. The topological polar surface area (TPSA) is 0 Å². The third-order valence-electron chi connectivity index (χ3n) is 2.01. The normalized spacial score (nSPS) is 10.3.